The Hall–Kier alpha value is -0.920. The highest BCUT2D eigenvalue weighted by atomic mass is 127. The molecule has 0 saturated heterocycles. The van der Waals surface area contributed by atoms with Crippen LogP contribution in [0.15, 0.2) is 4.79 Å². The Morgan fingerprint density at radius 2 is 2.00 bits per heavy atom. The van der Waals surface area contributed by atoms with Gasteiger partial charge >= 0.3 is 11.2 Å². The molecular weight excluding hydrogens is 347 g/mol. The zero-order chi connectivity index (χ0) is 13.7. The first-order chi connectivity index (χ1) is 8.49. The summed E-state index contributed by atoms with van der Waals surface area (Å²) in [5.74, 6) is 0. The maximum absolute atomic E-state index is 11.6. The van der Waals surface area contributed by atoms with Crippen LogP contribution in [0.2, 0.25) is 0 Å². The van der Waals surface area contributed by atoms with Gasteiger partial charge in [0.15, 0.2) is 0 Å². The van der Waals surface area contributed by atoms with Crippen molar-refractivity contribution in [1.29, 1.82) is 0 Å². The summed E-state index contributed by atoms with van der Waals surface area (Å²) < 4.78 is 0.801. The number of aromatic nitrogens is 1. The fourth-order valence-electron chi connectivity index (χ4n) is 1.87. The van der Waals surface area contributed by atoms with Crippen molar-refractivity contribution >= 4 is 28.3 Å². The van der Waals surface area contributed by atoms with Gasteiger partial charge in [0.05, 0.1) is 4.92 Å². The van der Waals surface area contributed by atoms with Crippen LogP contribution in [0.3, 0.4) is 0 Å². The number of unbranched alkanes of at least 4 members (excludes halogenated alkanes) is 3. The highest BCUT2D eigenvalue weighted by Gasteiger charge is 2.21. The summed E-state index contributed by atoms with van der Waals surface area (Å²) in [4.78, 5) is 24.5. The van der Waals surface area contributed by atoms with Gasteiger partial charge in [0.25, 0.3) is 0 Å². The van der Waals surface area contributed by atoms with E-state index in [9.17, 15) is 14.9 Å². The molecule has 0 amide bonds. The second kappa shape index (κ2) is 6.86. The fraction of sp³-hybridized carbons (Fsp3) is 0.583. The van der Waals surface area contributed by atoms with Crippen LogP contribution in [-0.4, -0.2) is 9.91 Å². The van der Waals surface area contributed by atoms with Gasteiger partial charge in [0.1, 0.15) is 0 Å². The normalized spacial score (nSPS) is 10.6. The van der Waals surface area contributed by atoms with Crippen LogP contribution in [0, 0.1) is 20.6 Å². The molecule has 0 aliphatic carbocycles. The van der Waals surface area contributed by atoms with Crippen molar-refractivity contribution in [2.24, 2.45) is 0 Å². The van der Waals surface area contributed by atoms with Crippen molar-refractivity contribution in [2.75, 3.05) is 0 Å². The van der Waals surface area contributed by atoms with Crippen molar-refractivity contribution in [1.82, 2.24) is 4.98 Å². The Morgan fingerprint density at radius 3 is 2.56 bits per heavy atom. The Kier molecular flexibility index (Phi) is 5.77. The zero-order valence-corrected chi connectivity index (χ0v) is 12.7. The molecule has 0 aliphatic heterocycles. The predicted molar refractivity (Wildman–Crippen MR) is 79.0 cm³/mol. The minimum absolute atomic E-state index is 0.336. The number of aryl methyl sites for hydroxylation is 1. The molecule has 100 valence electrons. The predicted octanol–water partition coefficient (Wildman–Crippen LogP) is 3.32. The van der Waals surface area contributed by atoms with Crippen LogP contribution in [0.5, 0.6) is 0 Å². The van der Waals surface area contributed by atoms with Crippen LogP contribution in [0.4, 0.5) is 5.69 Å². The van der Waals surface area contributed by atoms with E-state index < -0.39 is 10.5 Å². The highest BCUT2D eigenvalue weighted by molar-refractivity contribution is 14.1. The first kappa shape index (κ1) is 15.1. The number of halogens is 1. The molecule has 0 atom stereocenters. The molecule has 1 rings (SSSR count). The van der Waals surface area contributed by atoms with Gasteiger partial charge in [0, 0.05) is 14.8 Å². The van der Waals surface area contributed by atoms with Gasteiger partial charge in [-0.3, -0.25) is 14.9 Å². The molecule has 0 fully saturated rings. The number of hydrogen-bond donors (Lipinski definition) is 1. The summed E-state index contributed by atoms with van der Waals surface area (Å²) in [7, 11) is 0. The number of nitrogens with zero attached hydrogens (tertiary/aromatic N) is 1. The molecule has 6 heteroatoms. The van der Waals surface area contributed by atoms with Gasteiger partial charge < -0.3 is 4.98 Å². The van der Waals surface area contributed by atoms with Crippen LogP contribution < -0.4 is 5.56 Å². The first-order valence-electron chi connectivity index (χ1n) is 6.04. The van der Waals surface area contributed by atoms with E-state index in [2.05, 4.69) is 34.5 Å². The Balaban J connectivity index is 2.96. The van der Waals surface area contributed by atoms with Gasteiger partial charge in [-0.25, -0.2) is 0 Å². The SMILES string of the molecule is CCCCCCc1[nH]c(=O)c([N+](=O)[O-])c(C)c1I. The molecule has 5 nitrogen and oxygen atoms in total. The van der Waals surface area contributed by atoms with E-state index in [0.717, 1.165) is 34.9 Å². The lowest BCUT2D eigenvalue weighted by Crippen LogP contribution is -2.17. The quantitative estimate of drug-likeness (QED) is 0.364. The second-order valence-electron chi connectivity index (χ2n) is 4.29. The number of hydrogen-bond acceptors (Lipinski definition) is 3. The number of H-pyrrole nitrogens is 1. The third kappa shape index (κ3) is 3.54. The van der Waals surface area contributed by atoms with E-state index in [1.54, 1.807) is 6.92 Å². The number of nitro groups is 1. The van der Waals surface area contributed by atoms with Crippen molar-refractivity contribution in [2.45, 2.75) is 46.0 Å². The molecule has 1 aromatic heterocycles. The van der Waals surface area contributed by atoms with Crippen molar-refractivity contribution < 1.29 is 4.92 Å². The summed E-state index contributed by atoms with van der Waals surface area (Å²) in [6, 6.07) is 0. The molecular formula is C12H17IN2O3. The molecule has 0 aromatic carbocycles. The lowest BCUT2D eigenvalue weighted by Gasteiger charge is -2.07. The van der Waals surface area contributed by atoms with Crippen LogP contribution in [-0.2, 0) is 6.42 Å². The molecule has 1 heterocycles. The van der Waals surface area contributed by atoms with Gasteiger partial charge in [-0.05, 0) is 42.4 Å². The summed E-state index contributed by atoms with van der Waals surface area (Å²) in [6.07, 6.45) is 5.22. The average molecular weight is 364 g/mol. The van der Waals surface area contributed by atoms with Crippen molar-refractivity contribution in [3.8, 4) is 0 Å². The lowest BCUT2D eigenvalue weighted by molar-refractivity contribution is -0.387. The van der Waals surface area contributed by atoms with Gasteiger partial charge in [0.2, 0.25) is 0 Å². The highest BCUT2D eigenvalue weighted by Crippen LogP contribution is 2.22. The lowest BCUT2D eigenvalue weighted by atomic mass is 10.1. The molecule has 1 aromatic rings. The molecule has 0 radical (unpaired) electrons. The molecule has 0 unspecified atom stereocenters. The minimum Gasteiger partial charge on any atom is -0.319 e. The Labute approximate surface area is 119 Å². The van der Waals surface area contributed by atoms with E-state index in [-0.39, 0.29) is 5.69 Å². The molecule has 0 saturated carbocycles. The van der Waals surface area contributed by atoms with E-state index in [4.69, 9.17) is 0 Å². The summed E-state index contributed by atoms with van der Waals surface area (Å²) >= 11 is 2.07. The van der Waals surface area contributed by atoms with Gasteiger partial charge in [-0.2, -0.15) is 0 Å². The van der Waals surface area contributed by atoms with Crippen molar-refractivity contribution in [3.63, 3.8) is 0 Å². The molecule has 0 aliphatic rings. The standard InChI is InChI=1S/C12H17IN2O3/c1-3-4-5-6-7-9-10(13)8(2)11(15(17)18)12(16)14-9/h3-7H2,1-2H3,(H,14,16). The Morgan fingerprint density at radius 1 is 1.33 bits per heavy atom. The summed E-state index contributed by atoms with van der Waals surface area (Å²) in [5.41, 5.74) is 0.356. The molecule has 1 N–H and O–H groups in total. The van der Waals surface area contributed by atoms with Crippen LogP contribution in [0.1, 0.15) is 43.9 Å². The third-order valence-electron chi connectivity index (χ3n) is 2.89. The molecule has 0 bridgehead atoms. The van der Waals surface area contributed by atoms with Crippen LogP contribution in [0.25, 0.3) is 0 Å². The molecule has 18 heavy (non-hydrogen) atoms. The van der Waals surface area contributed by atoms with Crippen molar-refractivity contribution in [3.05, 3.63) is 35.3 Å². The smallest absolute Gasteiger partial charge is 0.319 e. The summed E-state index contributed by atoms with van der Waals surface area (Å²) in [5, 5.41) is 10.8. The van der Waals surface area contributed by atoms with E-state index in [1.807, 2.05) is 0 Å². The first-order valence-corrected chi connectivity index (χ1v) is 7.12. The maximum Gasteiger partial charge on any atom is 0.337 e. The van der Waals surface area contributed by atoms with Crippen LogP contribution >= 0.6 is 22.6 Å². The minimum atomic E-state index is -0.614. The largest absolute Gasteiger partial charge is 0.337 e. The number of nitrogens with one attached hydrogen (secondary N) is 1. The number of pyridine rings is 1. The van der Waals surface area contributed by atoms with E-state index in [1.165, 1.54) is 6.42 Å². The second-order valence-corrected chi connectivity index (χ2v) is 5.37. The summed E-state index contributed by atoms with van der Waals surface area (Å²) in [6.45, 7) is 3.77. The van der Waals surface area contributed by atoms with E-state index >= 15 is 0 Å². The maximum atomic E-state index is 11.6. The van der Waals surface area contributed by atoms with E-state index in [0.29, 0.717) is 5.56 Å². The monoisotopic (exact) mass is 364 g/mol. The Bertz CT molecular complexity index is 497. The zero-order valence-electron chi connectivity index (χ0n) is 10.6. The van der Waals surface area contributed by atoms with Gasteiger partial charge in [-0.15, -0.1) is 0 Å². The topological polar surface area (TPSA) is 76.0 Å². The fourth-order valence-corrected chi connectivity index (χ4v) is 2.53. The average Bonchev–Trinajstić information content (AvgIpc) is 2.30. The number of rotatable bonds is 6. The third-order valence-corrected chi connectivity index (χ3v) is 4.35. The number of aromatic amines is 1. The molecule has 0 spiro atoms. The van der Waals surface area contributed by atoms with Gasteiger partial charge in [-0.1, -0.05) is 26.2 Å².